The van der Waals surface area contributed by atoms with Crippen molar-refractivity contribution in [2.24, 2.45) is 11.7 Å². The Morgan fingerprint density at radius 1 is 1.44 bits per heavy atom. The van der Waals surface area contributed by atoms with Crippen LogP contribution in [0.15, 0.2) is 18.2 Å². The molecule has 1 aliphatic rings. The number of ether oxygens (including phenoxy) is 1. The van der Waals surface area contributed by atoms with Crippen molar-refractivity contribution in [2.45, 2.75) is 25.4 Å². The minimum Gasteiger partial charge on any atom is -0.380 e. The molecule has 0 spiro atoms. The first-order chi connectivity index (χ1) is 11.9. The molecule has 1 unspecified atom stereocenters. The van der Waals surface area contributed by atoms with Gasteiger partial charge in [0.25, 0.3) is 0 Å². The zero-order valence-corrected chi connectivity index (χ0v) is 14.9. The molecule has 1 aromatic rings. The summed E-state index contributed by atoms with van der Waals surface area (Å²) in [5.74, 6) is -0.882. The molecule has 0 aromatic heterocycles. The fourth-order valence-corrected chi connectivity index (χ4v) is 2.98. The van der Waals surface area contributed by atoms with Gasteiger partial charge in [0.2, 0.25) is 11.8 Å². The number of benzene rings is 1. The van der Waals surface area contributed by atoms with Crippen LogP contribution in [0.2, 0.25) is 5.02 Å². The van der Waals surface area contributed by atoms with Gasteiger partial charge in [-0.15, -0.1) is 0 Å². The van der Waals surface area contributed by atoms with Gasteiger partial charge in [-0.25, -0.2) is 4.39 Å². The summed E-state index contributed by atoms with van der Waals surface area (Å²) in [5.41, 5.74) is 5.99. The molecular formula is C17H23ClFN3O3. The predicted octanol–water partition coefficient (Wildman–Crippen LogP) is 2.02. The third kappa shape index (κ3) is 5.39. The summed E-state index contributed by atoms with van der Waals surface area (Å²) in [5, 5.41) is 2.71. The molecule has 0 saturated carbocycles. The molecular weight excluding hydrogens is 349 g/mol. The Labute approximate surface area is 151 Å². The molecule has 138 valence electrons. The van der Waals surface area contributed by atoms with E-state index in [1.165, 1.54) is 25.3 Å². The van der Waals surface area contributed by atoms with Crippen molar-refractivity contribution >= 4 is 29.1 Å². The second-order valence-corrected chi connectivity index (χ2v) is 6.48. The number of nitrogens with two attached hydrogens (primary N) is 1. The van der Waals surface area contributed by atoms with E-state index in [2.05, 4.69) is 5.32 Å². The normalized spacial score (nSPS) is 16.6. The van der Waals surface area contributed by atoms with Crippen molar-refractivity contribution in [1.29, 1.82) is 0 Å². The lowest BCUT2D eigenvalue weighted by molar-refractivity contribution is -0.136. The fraction of sp³-hybridized carbons (Fsp3) is 0.529. The molecule has 0 bridgehead atoms. The maximum Gasteiger partial charge on any atom is 0.227 e. The summed E-state index contributed by atoms with van der Waals surface area (Å²) in [6, 6.07) is 4.06. The van der Waals surface area contributed by atoms with E-state index in [0.29, 0.717) is 38.2 Å². The van der Waals surface area contributed by atoms with E-state index < -0.39 is 5.82 Å². The number of nitrogens with zero attached hydrogens (tertiary/aromatic N) is 1. The Morgan fingerprint density at radius 3 is 2.68 bits per heavy atom. The Kier molecular flexibility index (Phi) is 7.16. The topological polar surface area (TPSA) is 84.7 Å². The summed E-state index contributed by atoms with van der Waals surface area (Å²) in [6.07, 6.45) is 1.12. The summed E-state index contributed by atoms with van der Waals surface area (Å²) >= 11 is 5.71. The van der Waals surface area contributed by atoms with Crippen molar-refractivity contribution in [3.05, 3.63) is 29.0 Å². The monoisotopic (exact) mass is 371 g/mol. The van der Waals surface area contributed by atoms with Gasteiger partial charge in [-0.05, 0) is 31.0 Å². The number of likely N-dealkylation sites (tertiary alicyclic amines) is 1. The van der Waals surface area contributed by atoms with Gasteiger partial charge in [0.05, 0.1) is 17.5 Å². The number of carbonyl (C=O) groups excluding carboxylic acids is 2. The average Bonchev–Trinajstić information content (AvgIpc) is 2.62. The number of anilines is 1. The van der Waals surface area contributed by atoms with Crippen LogP contribution in [0.5, 0.6) is 0 Å². The van der Waals surface area contributed by atoms with Crippen LogP contribution < -0.4 is 11.1 Å². The lowest BCUT2D eigenvalue weighted by atomic mass is 9.95. The van der Waals surface area contributed by atoms with Crippen LogP contribution in [-0.2, 0) is 14.3 Å². The van der Waals surface area contributed by atoms with Gasteiger partial charge in [-0.2, -0.15) is 0 Å². The van der Waals surface area contributed by atoms with Gasteiger partial charge in [0.1, 0.15) is 5.82 Å². The third-order valence-electron chi connectivity index (χ3n) is 4.40. The minimum absolute atomic E-state index is 0.0125. The van der Waals surface area contributed by atoms with E-state index in [-0.39, 0.29) is 35.3 Å². The molecule has 8 heteroatoms. The molecule has 1 fully saturated rings. The van der Waals surface area contributed by atoms with E-state index in [0.717, 1.165) is 0 Å². The highest BCUT2D eigenvalue weighted by molar-refractivity contribution is 6.31. The van der Waals surface area contributed by atoms with E-state index in [4.69, 9.17) is 22.1 Å². The maximum atomic E-state index is 13.2. The van der Waals surface area contributed by atoms with Gasteiger partial charge >= 0.3 is 0 Å². The zero-order chi connectivity index (χ0) is 18.4. The van der Waals surface area contributed by atoms with Crippen LogP contribution in [-0.4, -0.2) is 49.6 Å². The number of piperidine rings is 1. The second kappa shape index (κ2) is 9.12. The van der Waals surface area contributed by atoms with Crippen molar-refractivity contribution in [1.82, 2.24) is 4.90 Å². The van der Waals surface area contributed by atoms with Gasteiger partial charge in [-0.1, -0.05) is 11.6 Å². The number of hydrogen-bond donors (Lipinski definition) is 2. The first-order valence-corrected chi connectivity index (χ1v) is 8.59. The first-order valence-electron chi connectivity index (χ1n) is 8.21. The molecule has 1 aromatic carbocycles. The lowest BCUT2D eigenvalue weighted by Crippen LogP contribution is -2.43. The van der Waals surface area contributed by atoms with Crippen molar-refractivity contribution in [2.75, 3.05) is 32.1 Å². The maximum absolute atomic E-state index is 13.2. The highest BCUT2D eigenvalue weighted by atomic mass is 35.5. The molecule has 25 heavy (non-hydrogen) atoms. The van der Waals surface area contributed by atoms with Gasteiger partial charge in [0, 0.05) is 38.3 Å². The molecule has 1 saturated heterocycles. The van der Waals surface area contributed by atoms with E-state index in [1.54, 1.807) is 4.90 Å². The minimum atomic E-state index is -0.529. The Morgan fingerprint density at radius 2 is 2.12 bits per heavy atom. The Balaban J connectivity index is 1.83. The highest BCUT2D eigenvalue weighted by Gasteiger charge is 2.28. The first kappa shape index (κ1) is 19.6. The quantitative estimate of drug-likeness (QED) is 0.801. The highest BCUT2D eigenvalue weighted by Crippen LogP contribution is 2.23. The van der Waals surface area contributed by atoms with Crippen LogP contribution in [0, 0.1) is 11.7 Å². The van der Waals surface area contributed by atoms with Crippen molar-refractivity contribution in [3.8, 4) is 0 Å². The average molecular weight is 372 g/mol. The number of amides is 2. The summed E-state index contributed by atoms with van der Waals surface area (Å²) in [6.45, 7) is 1.32. The molecule has 2 amide bonds. The molecule has 3 N–H and O–H groups in total. The molecule has 0 aliphatic carbocycles. The van der Waals surface area contributed by atoms with Crippen LogP contribution in [0.4, 0.5) is 10.1 Å². The van der Waals surface area contributed by atoms with Crippen LogP contribution in [0.1, 0.15) is 19.3 Å². The molecule has 1 heterocycles. The number of hydrogen-bond acceptors (Lipinski definition) is 4. The molecule has 6 nitrogen and oxygen atoms in total. The largest absolute Gasteiger partial charge is 0.380 e. The SMILES string of the molecule is COC(CN)CC(=O)N1CCC(C(=O)Nc2ccc(F)c(Cl)c2)CC1. The van der Waals surface area contributed by atoms with Gasteiger partial charge in [-0.3, -0.25) is 9.59 Å². The van der Waals surface area contributed by atoms with E-state index in [9.17, 15) is 14.0 Å². The summed E-state index contributed by atoms with van der Waals surface area (Å²) < 4.78 is 18.3. The van der Waals surface area contributed by atoms with Crippen LogP contribution in [0.3, 0.4) is 0 Å². The van der Waals surface area contributed by atoms with Gasteiger partial charge < -0.3 is 20.7 Å². The Bertz CT molecular complexity index is 617. The summed E-state index contributed by atoms with van der Waals surface area (Å²) in [7, 11) is 1.53. The molecule has 0 radical (unpaired) electrons. The third-order valence-corrected chi connectivity index (χ3v) is 4.69. The number of methoxy groups -OCH3 is 1. The number of rotatable bonds is 6. The van der Waals surface area contributed by atoms with Crippen LogP contribution >= 0.6 is 11.6 Å². The standard InChI is InChI=1S/C17H23ClFN3O3/c1-25-13(10-20)9-16(23)22-6-4-11(5-7-22)17(24)21-12-2-3-15(19)14(18)8-12/h2-3,8,11,13H,4-7,9-10,20H2,1H3,(H,21,24). The predicted molar refractivity (Wildman–Crippen MR) is 93.8 cm³/mol. The zero-order valence-electron chi connectivity index (χ0n) is 14.1. The van der Waals surface area contributed by atoms with Gasteiger partial charge in [0.15, 0.2) is 0 Å². The van der Waals surface area contributed by atoms with E-state index in [1.807, 2.05) is 0 Å². The van der Waals surface area contributed by atoms with Crippen molar-refractivity contribution < 1.29 is 18.7 Å². The second-order valence-electron chi connectivity index (χ2n) is 6.07. The number of halogens is 2. The summed E-state index contributed by atoms with van der Waals surface area (Å²) in [4.78, 5) is 26.3. The lowest BCUT2D eigenvalue weighted by Gasteiger charge is -2.32. The smallest absolute Gasteiger partial charge is 0.227 e. The Hall–Kier alpha value is -1.70. The van der Waals surface area contributed by atoms with E-state index >= 15 is 0 Å². The van der Waals surface area contributed by atoms with Crippen LogP contribution in [0.25, 0.3) is 0 Å². The molecule has 2 rings (SSSR count). The number of nitrogens with one attached hydrogen (secondary N) is 1. The molecule has 1 atom stereocenters. The molecule has 1 aliphatic heterocycles. The fourth-order valence-electron chi connectivity index (χ4n) is 2.80. The number of carbonyl (C=O) groups is 2. The van der Waals surface area contributed by atoms with Crippen molar-refractivity contribution in [3.63, 3.8) is 0 Å².